The molecule has 17 heavy (non-hydrogen) atoms. The average molecular weight is 234 g/mol. The average Bonchev–Trinajstić information content (AvgIpc) is 2.36. The lowest BCUT2D eigenvalue weighted by Crippen LogP contribution is -2.39. The minimum absolute atomic E-state index is 0.116. The van der Waals surface area contributed by atoms with Crippen molar-refractivity contribution < 1.29 is 4.79 Å². The van der Waals surface area contributed by atoms with Gasteiger partial charge in [0.05, 0.1) is 0 Å². The molecule has 0 aliphatic carbocycles. The van der Waals surface area contributed by atoms with E-state index in [1.165, 1.54) is 5.56 Å². The number of likely N-dealkylation sites (N-methyl/N-ethyl adjacent to an activating group) is 1. The van der Waals surface area contributed by atoms with Crippen molar-refractivity contribution in [1.82, 2.24) is 10.2 Å². The fourth-order valence-electron chi connectivity index (χ4n) is 1.57. The Morgan fingerprint density at radius 3 is 2.59 bits per heavy atom. The number of carbonyl (C=O) groups is 1. The first-order chi connectivity index (χ1) is 8.13. The van der Waals surface area contributed by atoms with E-state index in [1.54, 1.807) is 0 Å². The van der Waals surface area contributed by atoms with Gasteiger partial charge in [-0.3, -0.25) is 9.69 Å². The standard InChI is InChI=1S/C14H22N2O/c1-4-14(17)15-10-12(2)16(3)11-13-8-6-5-7-9-13/h5-9,12H,4,10-11H2,1-3H3,(H,15,17). The van der Waals surface area contributed by atoms with Gasteiger partial charge in [-0.05, 0) is 19.5 Å². The van der Waals surface area contributed by atoms with E-state index in [9.17, 15) is 4.79 Å². The van der Waals surface area contributed by atoms with Gasteiger partial charge in [0.15, 0.2) is 0 Å². The predicted molar refractivity (Wildman–Crippen MR) is 70.7 cm³/mol. The Morgan fingerprint density at radius 1 is 1.35 bits per heavy atom. The van der Waals surface area contributed by atoms with Crippen LogP contribution in [0.4, 0.5) is 0 Å². The van der Waals surface area contributed by atoms with E-state index in [0.29, 0.717) is 19.0 Å². The van der Waals surface area contributed by atoms with Crippen LogP contribution in [0.5, 0.6) is 0 Å². The Bertz CT molecular complexity index is 337. The maximum Gasteiger partial charge on any atom is 0.219 e. The van der Waals surface area contributed by atoms with Crippen molar-refractivity contribution in [3.05, 3.63) is 35.9 Å². The van der Waals surface area contributed by atoms with E-state index in [-0.39, 0.29) is 5.91 Å². The highest BCUT2D eigenvalue weighted by Crippen LogP contribution is 2.05. The van der Waals surface area contributed by atoms with E-state index in [2.05, 4.69) is 36.3 Å². The number of nitrogens with zero attached hydrogens (tertiary/aromatic N) is 1. The molecule has 0 fully saturated rings. The second-order valence-corrected chi connectivity index (χ2v) is 4.41. The summed E-state index contributed by atoms with van der Waals surface area (Å²) in [4.78, 5) is 13.4. The van der Waals surface area contributed by atoms with E-state index >= 15 is 0 Å². The topological polar surface area (TPSA) is 32.3 Å². The molecule has 1 N–H and O–H groups in total. The van der Waals surface area contributed by atoms with Crippen LogP contribution < -0.4 is 5.32 Å². The normalized spacial score (nSPS) is 12.5. The highest BCUT2D eigenvalue weighted by atomic mass is 16.1. The van der Waals surface area contributed by atoms with Gasteiger partial charge in [-0.1, -0.05) is 37.3 Å². The molecular formula is C14H22N2O. The molecule has 0 aliphatic rings. The smallest absolute Gasteiger partial charge is 0.219 e. The second kappa shape index (κ2) is 7.07. The van der Waals surface area contributed by atoms with E-state index < -0.39 is 0 Å². The highest BCUT2D eigenvalue weighted by molar-refractivity contribution is 5.75. The van der Waals surface area contributed by atoms with Crippen LogP contribution in [-0.4, -0.2) is 30.4 Å². The molecule has 0 heterocycles. The fourth-order valence-corrected chi connectivity index (χ4v) is 1.57. The third-order valence-electron chi connectivity index (χ3n) is 2.94. The van der Waals surface area contributed by atoms with Crippen molar-refractivity contribution in [2.45, 2.75) is 32.9 Å². The quantitative estimate of drug-likeness (QED) is 0.817. The van der Waals surface area contributed by atoms with Crippen LogP contribution >= 0.6 is 0 Å². The Labute approximate surface area is 104 Å². The minimum atomic E-state index is 0.116. The largest absolute Gasteiger partial charge is 0.355 e. The van der Waals surface area contributed by atoms with Gasteiger partial charge in [0.25, 0.3) is 0 Å². The molecule has 3 heteroatoms. The summed E-state index contributed by atoms with van der Waals surface area (Å²) in [6.07, 6.45) is 0.551. The highest BCUT2D eigenvalue weighted by Gasteiger charge is 2.10. The molecule has 94 valence electrons. The second-order valence-electron chi connectivity index (χ2n) is 4.41. The molecule has 0 bridgehead atoms. The van der Waals surface area contributed by atoms with Gasteiger partial charge in [0.2, 0.25) is 5.91 Å². The molecular weight excluding hydrogens is 212 g/mol. The van der Waals surface area contributed by atoms with E-state index in [0.717, 1.165) is 6.54 Å². The SMILES string of the molecule is CCC(=O)NCC(C)N(C)Cc1ccccc1. The van der Waals surface area contributed by atoms with Gasteiger partial charge in [-0.25, -0.2) is 0 Å². The van der Waals surface area contributed by atoms with Crippen LogP contribution in [0.2, 0.25) is 0 Å². The van der Waals surface area contributed by atoms with Crippen molar-refractivity contribution in [2.24, 2.45) is 0 Å². The molecule has 1 unspecified atom stereocenters. The lowest BCUT2D eigenvalue weighted by atomic mass is 10.2. The number of benzene rings is 1. The Morgan fingerprint density at radius 2 is 2.00 bits per heavy atom. The van der Waals surface area contributed by atoms with Gasteiger partial charge in [-0.2, -0.15) is 0 Å². The van der Waals surface area contributed by atoms with Crippen LogP contribution in [0.1, 0.15) is 25.8 Å². The zero-order chi connectivity index (χ0) is 12.7. The molecule has 1 atom stereocenters. The summed E-state index contributed by atoms with van der Waals surface area (Å²) < 4.78 is 0. The number of rotatable bonds is 6. The summed E-state index contributed by atoms with van der Waals surface area (Å²) >= 11 is 0. The molecule has 0 aromatic heterocycles. The van der Waals surface area contributed by atoms with Crippen molar-refractivity contribution in [3.63, 3.8) is 0 Å². The summed E-state index contributed by atoms with van der Waals surface area (Å²) in [5.41, 5.74) is 1.30. The molecule has 1 aromatic rings. The Hall–Kier alpha value is -1.35. The lowest BCUT2D eigenvalue weighted by Gasteiger charge is -2.25. The minimum Gasteiger partial charge on any atom is -0.355 e. The summed E-state index contributed by atoms with van der Waals surface area (Å²) in [6.45, 7) is 5.60. The number of nitrogens with one attached hydrogen (secondary N) is 1. The van der Waals surface area contributed by atoms with E-state index in [4.69, 9.17) is 0 Å². The van der Waals surface area contributed by atoms with Crippen molar-refractivity contribution in [1.29, 1.82) is 0 Å². The molecule has 3 nitrogen and oxygen atoms in total. The summed E-state index contributed by atoms with van der Waals surface area (Å²) in [6, 6.07) is 10.7. The molecule has 1 aromatic carbocycles. The molecule has 0 radical (unpaired) electrons. The lowest BCUT2D eigenvalue weighted by molar-refractivity contribution is -0.120. The van der Waals surface area contributed by atoms with Gasteiger partial charge in [0.1, 0.15) is 0 Å². The third-order valence-corrected chi connectivity index (χ3v) is 2.94. The number of hydrogen-bond acceptors (Lipinski definition) is 2. The van der Waals surface area contributed by atoms with Crippen LogP contribution in [0.3, 0.4) is 0 Å². The van der Waals surface area contributed by atoms with Crippen molar-refractivity contribution in [2.75, 3.05) is 13.6 Å². The zero-order valence-electron chi connectivity index (χ0n) is 10.9. The van der Waals surface area contributed by atoms with Gasteiger partial charge < -0.3 is 5.32 Å². The summed E-state index contributed by atoms with van der Waals surface area (Å²) in [5.74, 6) is 0.116. The maximum absolute atomic E-state index is 11.2. The molecule has 1 rings (SSSR count). The third kappa shape index (κ3) is 5.00. The number of amides is 1. The van der Waals surface area contributed by atoms with Crippen molar-refractivity contribution >= 4 is 5.91 Å². The van der Waals surface area contributed by atoms with Crippen LogP contribution in [0, 0.1) is 0 Å². The Kier molecular flexibility index (Phi) is 5.70. The van der Waals surface area contributed by atoms with E-state index in [1.807, 2.05) is 25.1 Å². The molecule has 0 saturated heterocycles. The maximum atomic E-state index is 11.2. The summed E-state index contributed by atoms with van der Waals surface area (Å²) in [7, 11) is 2.08. The molecule has 0 spiro atoms. The van der Waals surface area contributed by atoms with Gasteiger partial charge in [0, 0.05) is 25.6 Å². The number of carbonyl (C=O) groups excluding carboxylic acids is 1. The summed E-state index contributed by atoms with van der Waals surface area (Å²) in [5, 5.41) is 2.92. The first-order valence-electron chi connectivity index (χ1n) is 6.14. The Balaban J connectivity index is 2.37. The van der Waals surface area contributed by atoms with Gasteiger partial charge in [-0.15, -0.1) is 0 Å². The fraction of sp³-hybridized carbons (Fsp3) is 0.500. The first kappa shape index (κ1) is 13.7. The molecule has 0 aliphatic heterocycles. The van der Waals surface area contributed by atoms with Gasteiger partial charge >= 0.3 is 0 Å². The van der Waals surface area contributed by atoms with Crippen LogP contribution in [-0.2, 0) is 11.3 Å². The molecule has 0 saturated carbocycles. The zero-order valence-corrected chi connectivity index (χ0v) is 10.9. The predicted octanol–water partition coefficient (Wildman–Crippen LogP) is 2.03. The molecule has 1 amide bonds. The van der Waals surface area contributed by atoms with Crippen LogP contribution in [0.15, 0.2) is 30.3 Å². The monoisotopic (exact) mass is 234 g/mol. The van der Waals surface area contributed by atoms with Crippen molar-refractivity contribution in [3.8, 4) is 0 Å². The first-order valence-corrected chi connectivity index (χ1v) is 6.14. The van der Waals surface area contributed by atoms with Crippen LogP contribution in [0.25, 0.3) is 0 Å². The number of hydrogen-bond donors (Lipinski definition) is 1.